The van der Waals surface area contributed by atoms with Gasteiger partial charge in [-0.3, -0.25) is 9.36 Å². The first-order chi connectivity index (χ1) is 13.2. The van der Waals surface area contributed by atoms with Crippen molar-refractivity contribution in [2.24, 2.45) is 0 Å². The second-order valence-electron chi connectivity index (χ2n) is 6.28. The minimum Gasteiger partial charge on any atom is -0.352 e. The molecule has 1 N–H and O–H groups in total. The Morgan fingerprint density at radius 2 is 1.70 bits per heavy atom. The number of fused-ring (bicyclic) bond motifs is 1. The third-order valence-corrected chi connectivity index (χ3v) is 4.47. The van der Waals surface area contributed by atoms with Crippen molar-refractivity contribution in [3.8, 4) is 5.69 Å². The van der Waals surface area contributed by atoms with Crippen molar-refractivity contribution in [1.29, 1.82) is 0 Å². The van der Waals surface area contributed by atoms with Crippen molar-refractivity contribution in [3.63, 3.8) is 0 Å². The Balaban J connectivity index is 1.41. The predicted molar refractivity (Wildman–Crippen MR) is 104 cm³/mol. The second kappa shape index (κ2) is 7.41. The van der Waals surface area contributed by atoms with E-state index in [0.29, 0.717) is 18.5 Å². The number of aromatic nitrogens is 2. The van der Waals surface area contributed by atoms with Gasteiger partial charge in [0.25, 0.3) is 5.91 Å². The number of carbonyl (C=O) groups excluding carboxylic acids is 1. The summed E-state index contributed by atoms with van der Waals surface area (Å²) in [6.45, 7) is 0.498. The molecule has 3 aromatic carbocycles. The van der Waals surface area contributed by atoms with Crippen LogP contribution in [0, 0.1) is 5.82 Å². The number of hydrogen-bond donors (Lipinski definition) is 1. The van der Waals surface area contributed by atoms with Gasteiger partial charge in [-0.15, -0.1) is 0 Å². The summed E-state index contributed by atoms with van der Waals surface area (Å²) < 4.78 is 14.9. The molecule has 4 rings (SSSR count). The van der Waals surface area contributed by atoms with Crippen LogP contribution in [0.15, 0.2) is 79.1 Å². The van der Waals surface area contributed by atoms with Gasteiger partial charge in [-0.05, 0) is 60.5 Å². The normalized spacial score (nSPS) is 10.9. The maximum atomic E-state index is 12.9. The van der Waals surface area contributed by atoms with E-state index < -0.39 is 0 Å². The molecular weight excluding hydrogens is 341 g/mol. The van der Waals surface area contributed by atoms with Gasteiger partial charge in [0.1, 0.15) is 12.1 Å². The van der Waals surface area contributed by atoms with Gasteiger partial charge in [0.05, 0.1) is 11.0 Å². The lowest BCUT2D eigenvalue weighted by molar-refractivity contribution is 0.0954. The fourth-order valence-corrected chi connectivity index (χ4v) is 3.01. The summed E-state index contributed by atoms with van der Waals surface area (Å²) >= 11 is 0. The van der Waals surface area contributed by atoms with Crippen LogP contribution in [-0.2, 0) is 6.42 Å². The lowest BCUT2D eigenvalue weighted by Crippen LogP contribution is -2.25. The zero-order valence-electron chi connectivity index (χ0n) is 14.6. The molecule has 0 bridgehead atoms. The number of nitrogens with zero attached hydrogens (tertiary/aromatic N) is 2. The number of para-hydroxylation sites is 2. The van der Waals surface area contributed by atoms with Gasteiger partial charge in [0.15, 0.2) is 0 Å². The summed E-state index contributed by atoms with van der Waals surface area (Å²) in [6, 6.07) is 21.6. The van der Waals surface area contributed by atoms with Crippen LogP contribution in [0.2, 0.25) is 0 Å². The van der Waals surface area contributed by atoms with Gasteiger partial charge in [0, 0.05) is 17.8 Å². The standard InChI is InChI=1S/C22H18FN3O/c23-18-9-5-16(6-10-18)13-14-24-22(27)17-7-11-19(12-8-17)26-15-25-20-3-1-2-4-21(20)26/h1-12,15H,13-14H2,(H,24,27). The van der Waals surface area contributed by atoms with Crippen LogP contribution in [0.1, 0.15) is 15.9 Å². The monoisotopic (exact) mass is 359 g/mol. The Kier molecular flexibility index (Phi) is 4.66. The molecule has 0 radical (unpaired) electrons. The summed E-state index contributed by atoms with van der Waals surface area (Å²) in [5, 5.41) is 2.89. The molecule has 0 spiro atoms. The second-order valence-corrected chi connectivity index (χ2v) is 6.28. The minimum atomic E-state index is -0.256. The van der Waals surface area contributed by atoms with E-state index in [1.807, 2.05) is 41.0 Å². The van der Waals surface area contributed by atoms with Crippen LogP contribution in [0.3, 0.4) is 0 Å². The molecule has 0 aliphatic heterocycles. The molecule has 1 amide bonds. The Hall–Kier alpha value is -3.47. The molecule has 0 atom stereocenters. The van der Waals surface area contributed by atoms with E-state index in [0.717, 1.165) is 22.3 Å². The Labute approximate surface area is 156 Å². The Morgan fingerprint density at radius 1 is 0.963 bits per heavy atom. The molecule has 5 heteroatoms. The van der Waals surface area contributed by atoms with Gasteiger partial charge in [-0.2, -0.15) is 0 Å². The summed E-state index contributed by atoms with van der Waals surface area (Å²) in [5.74, 6) is -0.382. The summed E-state index contributed by atoms with van der Waals surface area (Å²) in [5.41, 5.74) is 4.49. The van der Waals surface area contributed by atoms with Crippen molar-refractivity contribution >= 4 is 16.9 Å². The zero-order chi connectivity index (χ0) is 18.6. The summed E-state index contributed by atoms with van der Waals surface area (Å²) in [6.07, 6.45) is 2.44. The number of rotatable bonds is 5. The Bertz CT molecular complexity index is 1070. The van der Waals surface area contributed by atoms with E-state index in [1.165, 1.54) is 12.1 Å². The Morgan fingerprint density at radius 3 is 2.48 bits per heavy atom. The fourth-order valence-electron chi connectivity index (χ4n) is 3.01. The average Bonchev–Trinajstić information content (AvgIpc) is 3.14. The highest BCUT2D eigenvalue weighted by Gasteiger charge is 2.07. The molecule has 0 fully saturated rings. The number of hydrogen-bond acceptors (Lipinski definition) is 2. The molecule has 0 unspecified atom stereocenters. The molecule has 0 saturated carbocycles. The van der Waals surface area contributed by atoms with Crippen molar-refractivity contribution < 1.29 is 9.18 Å². The van der Waals surface area contributed by atoms with Crippen LogP contribution >= 0.6 is 0 Å². The summed E-state index contributed by atoms with van der Waals surface area (Å²) in [7, 11) is 0. The van der Waals surface area contributed by atoms with Gasteiger partial charge in [-0.1, -0.05) is 24.3 Å². The van der Waals surface area contributed by atoms with E-state index in [9.17, 15) is 9.18 Å². The number of carbonyl (C=O) groups is 1. The number of amides is 1. The molecule has 0 aliphatic rings. The maximum Gasteiger partial charge on any atom is 0.251 e. The van der Waals surface area contributed by atoms with Crippen molar-refractivity contribution in [1.82, 2.24) is 14.9 Å². The largest absolute Gasteiger partial charge is 0.352 e. The quantitative estimate of drug-likeness (QED) is 0.582. The molecule has 134 valence electrons. The molecule has 4 nitrogen and oxygen atoms in total. The van der Waals surface area contributed by atoms with Crippen LogP contribution < -0.4 is 5.32 Å². The average molecular weight is 359 g/mol. The van der Waals surface area contributed by atoms with Gasteiger partial charge >= 0.3 is 0 Å². The maximum absolute atomic E-state index is 12.9. The van der Waals surface area contributed by atoms with E-state index in [1.54, 1.807) is 30.6 Å². The smallest absolute Gasteiger partial charge is 0.251 e. The van der Waals surface area contributed by atoms with Crippen LogP contribution in [0.25, 0.3) is 16.7 Å². The molecule has 1 heterocycles. The zero-order valence-corrected chi connectivity index (χ0v) is 14.6. The highest BCUT2D eigenvalue weighted by molar-refractivity contribution is 5.94. The van der Waals surface area contributed by atoms with E-state index >= 15 is 0 Å². The SMILES string of the molecule is O=C(NCCc1ccc(F)cc1)c1ccc(-n2cnc3ccccc32)cc1. The van der Waals surface area contributed by atoms with Crippen molar-refractivity contribution in [2.45, 2.75) is 6.42 Å². The van der Waals surface area contributed by atoms with Gasteiger partial charge < -0.3 is 5.32 Å². The van der Waals surface area contributed by atoms with E-state index in [-0.39, 0.29) is 11.7 Å². The number of benzene rings is 3. The third kappa shape index (κ3) is 3.72. The lowest BCUT2D eigenvalue weighted by Gasteiger charge is -2.08. The van der Waals surface area contributed by atoms with Gasteiger partial charge in [-0.25, -0.2) is 9.37 Å². The molecule has 0 aliphatic carbocycles. The molecular formula is C22H18FN3O. The number of imidazole rings is 1. The molecule has 4 aromatic rings. The van der Waals surface area contributed by atoms with Crippen molar-refractivity contribution in [2.75, 3.05) is 6.54 Å². The predicted octanol–water partition coefficient (Wildman–Crippen LogP) is 4.14. The van der Waals surface area contributed by atoms with Crippen LogP contribution in [-0.4, -0.2) is 22.0 Å². The highest BCUT2D eigenvalue weighted by atomic mass is 19.1. The number of nitrogens with one attached hydrogen (secondary N) is 1. The van der Waals surface area contributed by atoms with E-state index in [4.69, 9.17) is 0 Å². The topological polar surface area (TPSA) is 46.9 Å². The van der Waals surface area contributed by atoms with Crippen LogP contribution in [0.5, 0.6) is 0 Å². The summed E-state index contributed by atoms with van der Waals surface area (Å²) in [4.78, 5) is 16.7. The lowest BCUT2D eigenvalue weighted by atomic mass is 10.1. The van der Waals surface area contributed by atoms with Crippen molar-refractivity contribution in [3.05, 3.63) is 96.1 Å². The highest BCUT2D eigenvalue weighted by Crippen LogP contribution is 2.18. The number of halogens is 1. The van der Waals surface area contributed by atoms with Gasteiger partial charge in [0.2, 0.25) is 0 Å². The third-order valence-electron chi connectivity index (χ3n) is 4.47. The molecule has 1 aromatic heterocycles. The fraction of sp³-hybridized carbons (Fsp3) is 0.0909. The minimum absolute atomic E-state index is 0.126. The van der Waals surface area contributed by atoms with E-state index in [2.05, 4.69) is 10.3 Å². The molecule has 0 saturated heterocycles. The molecule has 27 heavy (non-hydrogen) atoms. The first-order valence-corrected chi connectivity index (χ1v) is 8.76. The first-order valence-electron chi connectivity index (χ1n) is 8.76. The van der Waals surface area contributed by atoms with Crippen LogP contribution in [0.4, 0.5) is 4.39 Å². The first kappa shape index (κ1) is 17.0.